The average Bonchev–Trinajstić information content (AvgIpc) is 2.66. The lowest BCUT2D eigenvalue weighted by molar-refractivity contribution is -0.131. The van der Waals surface area contributed by atoms with Crippen molar-refractivity contribution in [3.05, 3.63) is 24.0 Å². The minimum atomic E-state index is -0.740. The van der Waals surface area contributed by atoms with E-state index in [0.29, 0.717) is 19.4 Å². The van der Waals surface area contributed by atoms with Gasteiger partial charge in [0.25, 0.3) is 0 Å². The zero-order chi connectivity index (χ0) is 10.7. The molecule has 1 amide bonds. The minimum absolute atomic E-state index is 0.127. The van der Waals surface area contributed by atoms with Crippen LogP contribution in [-0.2, 0) is 11.3 Å². The van der Waals surface area contributed by atoms with Crippen LogP contribution in [0.1, 0.15) is 24.8 Å². The number of carbonyl (C=O) groups is 1. The first-order chi connectivity index (χ1) is 7.27. The number of rotatable bonds is 3. The number of amides is 1. The molecule has 0 aliphatic heterocycles. The molecule has 0 atom stereocenters. The van der Waals surface area contributed by atoms with Gasteiger partial charge in [-0.05, 0) is 30.9 Å². The van der Waals surface area contributed by atoms with Gasteiger partial charge in [-0.2, -0.15) is 5.26 Å². The van der Waals surface area contributed by atoms with Crippen molar-refractivity contribution in [2.75, 3.05) is 0 Å². The van der Waals surface area contributed by atoms with Gasteiger partial charge in [-0.15, -0.1) is 0 Å². The summed E-state index contributed by atoms with van der Waals surface area (Å²) in [4.78, 5) is 14.6. The van der Waals surface area contributed by atoms with Gasteiger partial charge >= 0.3 is 0 Å². The molecule has 0 spiro atoms. The lowest BCUT2D eigenvalue weighted by atomic mass is 9.69. The fourth-order valence-electron chi connectivity index (χ4n) is 1.74. The van der Waals surface area contributed by atoms with Crippen LogP contribution in [0.15, 0.2) is 18.5 Å². The van der Waals surface area contributed by atoms with E-state index in [0.717, 1.165) is 12.0 Å². The summed E-state index contributed by atoms with van der Waals surface area (Å²) >= 11 is 0. The molecule has 0 bridgehead atoms. The van der Waals surface area contributed by atoms with E-state index in [2.05, 4.69) is 16.4 Å². The zero-order valence-corrected chi connectivity index (χ0v) is 8.42. The molecule has 1 aliphatic carbocycles. The molecule has 0 saturated heterocycles. The fraction of sp³-hybridized carbons (Fsp3) is 0.455. The number of nitrogens with zero attached hydrogens (tertiary/aromatic N) is 1. The number of hydrogen-bond acceptors (Lipinski definition) is 2. The Kier molecular flexibility index (Phi) is 2.46. The van der Waals surface area contributed by atoms with Crippen molar-refractivity contribution in [1.82, 2.24) is 10.3 Å². The molecule has 1 aromatic heterocycles. The average molecular weight is 203 g/mol. The number of aromatic nitrogens is 1. The van der Waals surface area contributed by atoms with Crippen molar-refractivity contribution in [2.45, 2.75) is 25.8 Å². The van der Waals surface area contributed by atoms with Gasteiger partial charge in [0.1, 0.15) is 5.41 Å². The third kappa shape index (κ3) is 1.73. The first kappa shape index (κ1) is 9.78. The van der Waals surface area contributed by atoms with Crippen molar-refractivity contribution in [2.24, 2.45) is 5.41 Å². The lowest BCUT2D eigenvalue weighted by Gasteiger charge is -2.33. The topological polar surface area (TPSA) is 68.7 Å². The van der Waals surface area contributed by atoms with Gasteiger partial charge in [0.2, 0.25) is 5.91 Å². The highest BCUT2D eigenvalue weighted by Crippen LogP contribution is 2.40. The summed E-state index contributed by atoms with van der Waals surface area (Å²) in [7, 11) is 0. The molecule has 4 nitrogen and oxygen atoms in total. The molecule has 0 radical (unpaired) electrons. The van der Waals surface area contributed by atoms with Gasteiger partial charge in [-0.1, -0.05) is 0 Å². The monoisotopic (exact) mass is 203 g/mol. The van der Waals surface area contributed by atoms with Crippen LogP contribution in [0.25, 0.3) is 0 Å². The van der Waals surface area contributed by atoms with E-state index in [1.165, 1.54) is 0 Å². The van der Waals surface area contributed by atoms with Crippen molar-refractivity contribution >= 4 is 5.91 Å². The number of carbonyl (C=O) groups excluding carboxylic acids is 1. The van der Waals surface area contributed by atoms with E-state index in [1.807, 2.05) is 18.5 Å². The van der Waals surface area contributed by atoms with Crippen LogP contribution in [0.3, 0.4) is 0 Å². The Balaban J connectivity index is 1.90. The highest BCUT2D eigenvalue weighted by molar-refractivity contribution is 5.86. The Morgan fingerprint density at radius 3 is 2.93 bits per heavy atom. The molecule has 1 aromatic rings. The van der Waals surface area contributed by atoms with Gasteiger partial charge in [0.15, 0.2) is 0 Å². The molecule has 0 unspecified atom stereocenters. The van der Waals surface area contributed by atoms with Gasteiger partial charge in [0, 0.05) is 18.9 Å². The van der Waals surface area contributed by atoms with Crippen molar-refractivity contribution in [3.63, 3.8) is 0 Å². The Morgan fingerprint density at radius 1 is 1.67 bits per heavy atom. The van der Waals surface area contributed by atoms with Crippen LogP contribution in [0.4, 0.5) is 0 Å². The Morgan fingerprint density at radius 2 is 2.47 bits per heavy atom. The summed E-state index contributed by atoms with van der Waals surface area (Å²) in [6, 6.07) is 4.03. The number of hydrogen-bond donors (Lipinski definition) is 2. The first-order valence-corrected chi connectivity index (χ1v) is 5.08. The quantitative estimate of drug-likeness (QED) is 0.778. The molecule has 4 heteroatoms. The van der Waals surface area contributed by atoms with Gasteiger partial charge < -0.3 is 10.3 Å². The molecule has 15 heavy (non-hydrogen) atoms. The summed E-state index contributed by atoms with van der Waals surface area (Å²) in [5, 5.41) is 11.7. The molecule has 78 valence electrons. The third-order valence-electron chi connectivity index (χ3n) is 2.97. The van der Waals surface area contributed by atoms with Gasteiger partial charge in [-0.25, -0.2) is 0 Å². The highest BCUT2D eigenvalue weighted by atomic mass is 16.2. The molecule has 1 aliphatic rings. The molecule has 1 heterocycles. The predicted molar refractivity (Wildman–Crippen MR) is 54.5 cm³/mol. The fourth-order valence-corrected chi connectivity index (χ4v) is 1.74. The maximum atomic E-state index is 11.7. The van der Waals surface area contributed by atoms with Crippen molar-refractivity contribution in [3.8, 4) is 6.07 Å². The van der Waals surface area contributed by atoms with Crippen LogP contribution in [0.5, 0.6) is 0 Å². The van der Waals surface area contributed by atoms with Crippen LogP contribution in [0, 0.1) is 16.7 Å². The second kappa shape index (κ2) is 3.77. The Hall–Kier alpha value is -1.76. The maximum Gasteiger partial charge on any atom is 0.240 e. The number of aromatic amines is 1. The van der Waals surface area contributed by atoms with Crippen LogP contribution < -0.4 is 5.32 Å². The van der Waals surface area contributed by atoms with Crippen LogP contribution >= 0.6 is 0 Å². The molecular weight excluding hydrogens is 190 g/mol. The largest absolute Gasteiger partial charge is 0.367 e. The SMILES string of the molecule is N#CC1(C(=O)NCc2cc[nH]c2)CCC1. The van der Waals surface area contributed by atoms with Crippen molar-refractivity contribution < 1.29 is 4.79 Å². The highest BCUT2D eigenvalue weighted by Gasteiger charge is 2.44. The smallest absolute Gasteiger partial charge is 0.240 e. The number of nitrogens with one attached hydrogen (secondary N) is 2. The van der Waals surface area contributed by atoms with Crippen molar-refractivity contribution in [1.29, 1.82) is 5.26 Å². The third-order valence-corrected chi connectivity index (χ3v) is 2.97. The summed E-state index contributed by atoms with van der Waals surface area (Å²) in [5.74, 6) is -0.127. The second-order valence-corrected chi connectivity index (χ2v) is 3.95. The summed E-state index contributed by atoms with van der Waals surface area (Å²) in [5.41, 5.74) is 0.284. The lowest BCUT2D eigenvalue weighted by Crippen LogP contribution is -2.44. The standard InChI is InChI=1S/C11H13N3O/c12-8-11(3-1-4-11)10(15)14-7-9-2-5-13-6-9/h2,5-6,13H,1,3-4,7H2,(H,14,15). The second-order valence-electron chi connectivity index (χ2n) is 3.95. The molecule has 2 N–H and O–H groups in total. The van der Waals surface area contributed by atoms with E-state index in [9.17, 15) is 4.79 Å². The summed E-state index contributed by atoms with van der Waals surface area (Å²) in [6.07, 6.45) is 6.01. The van der Waals surface area contributed by atoms with Gasteiger partial charge in [-0.3, -0.25) is 4.79 Å². The van der Waals surface area contributed by atoms with E-state index >= 15 is 0 Å². The number of H-pyrrole nitrogens is 1. The van der Waals surface area contributed by atoms with E-state index < -0.39 is 5.41 Å². The Labute approximate surface area is 88.3 Å². The first-order valence-electron chi connectivity index (χ1n) is 5.08. The molecular formula is C11H13N3O. The molecule has 0 aromatic carbocycles. The van der Waals surface area contributed by atoms with E-state index in [1.54, 1.807) is 0 Å². The number of nitriles is 1. The van der Waals surface area contributed by atoms with Crippen LogP contribution in [0.2, 0.25) is 0 Å². The maximum absolute atomic E-state index is 11.7. The predicted octanol–water partition coefficient (Wildman–Crippen LogP) is 1.32. The van der Waals surface area contributed by atoms with E-state index in [-0.39, 0.29) is 5.91 Å². The van der Waals surface area contributed by atoms with E-state index in [4.69, 9.17) is 5.26 Å². The minimum Gasteiger partial charge on any atom is -0.367 e. The van der Waals surface area contributed by atoms with Crippen LogP contribution in [-0.4, -0.2) is 10.9 Å². The molecule has 2 rings (SSSR count). The summed E-state index contributed by atoms with van der Waals surface area (Å²) in [6.45, 7) is 0.492. The normalized spacial score (nSPS) is 17.5. The zero-order valence-electron chi connectivity index (χ0n) is 8.42. The Bertz CT molecular complexity index is 384. The molecule has 1 fully saturated rings. The molecule has 1 saturated carbocycles. The van der Waals surface area contributed by atoms with Gasteiger partial charge in [0.05, 0.1) is 6.07 Å². The summed E-state index contributed by atoms with van der Waals surface area (Å²) < 4.78 is 0.